The summed E-state index contributed by atoms with van der Waals surface area (Å²) in [5.41, 5.74) is 1.70. The van der Waals surface area contributed by atoms with E-state index in [1.807, 2.05) is 26.8 Å². The maximum atomic E-state index is 13.5. The number of hydrogen-bond donors (Lipinski definition) is 2. The van der Waals surface area contributed by atoms with E-state index in [4.69, 9.17) is 4.74 Å². The number of nitrogens with zero attached hydrogens (tertiary/aromatic N) is 2. The van der Waals surface area contributed by atoms with E-state index in [2.05, 4.69) is 24.1 Å². The van der Waals surface area contributed by atoms with Crippen LogP contribution in [0.1, 0.15) is 51.7 Å². The van der Waals surface area contributed by atoms with Crippen LogP contribution in [0, 0.1) is 5.92 Å². The van der Waals surface area contributed by atoms with E-state index in [1.54, 1.807) is 36.5 Å². The average molecular weight is 462 g/mol. The molecule has 0 amide bonds. The second-order valence-electron chi connectivity index (χ2n) is 9.60. The third-order valence-corrected chi connectivity index (χ3v) is 7.30. The van der Waals surface area contributed by atoms with Crippen molar-refractivity contribution in [3.8, 4) is 0 Å². The van der Waals surface area contributed by atoms with Crippen molar-refractivity contribution in [3.05, 3.63) is 53.7 Å². The summed E-state index contributed by atoms with van der Waals surface area (Å²) >= 11 is 0. The Kier molecular flexibility index (Phi) is 7.60. The highest BCUT2D eigenvalue weighted by Crippen LogP contribution is 2.25. The SMILES string of the molecule is CC(C)CN(c1ccc(C(C)C)cn1)S(=O)(=O)c1ccc(CC(O)NC2(C)COC2)cc1. The standard InChI is InChI=1S/C24H35N3O4S/c1-17(2)14-27(22-11-8-20(13-25-22)18(3)4)32(29,30)21-9-6-19(7-10-21)12-23(28)26-24(5)15-31-16-24/h6-11,13,17-18,23,26,28H,12,14-16H2,1-5H3. The molecule has 0 spiro atoms. The van der Waals surface area contributed by atoms with Crippen molar-refractivity contribution in [3.63, 3.8) is 0 Å². The highest BCUT2D eigenvalue weighted by atomic mass is 32.2. The first-order valence-electron chi connectivity index (χ1n) is 11.1. The quantitative estimate of drug-likeness (QED) is 0.528. The predicted octanol–water partition coefficient (Wildman–Crippen LogP) is 3.30. The van der Waals surface area contributed by atoms with Gasteiger partial charge in [0, 0.05) is 19.2 Å². The van der Waals surface area contributed by atoms with Crippen molar-refractivity contribution in [2.24, 2.45) is 5.92 Å². The molecule has 0 bridgehead atoms. The van der Waals surface area contributed by atoms with Crippen LogP contribution in [0.4, 0.5) is 5.82 Å². The number of rotatable bonds is 10. The van der Waals surface area contributed by atoms with Crippen LogP contribution in [0.25, 0.3) is 0 Å². The van der Waals surface area contributed by atoms with Crippen LogP contribution in [0.2, 0.25) is 0 Å². The molecule has 7 nitrogen and oxygen atoms in total. The molecule has 0 aliphatic carbocycles. The minimum atomic E-state index is -3.77. The van der Waals surface area contributed by atoms with Crippen molar-refractivity contribution in [2.75, 3.05) is 24.1 Å². The average Bonchev–Trinajstić information content (AvgIpc) is 2.71. The van der Waals surface area contributed by atoms with E-state index in [1.165, 1.54) is 4.31 Å². The van der Waals surface area contributed by atoms with Gasteiger partial charge in [-0.3, -0.25) is 5.32 Å². The lowest BCUT2D eigenvalue weighted by Gasteiger charge is -2.40. The minimum Gasteiger partial charge on any atom is -0.378 e. The van der Waals surface area contributed by atoms with Gasteiger partial charge < -0.3 is 9.84 Å². The third-order valence-electron chi connectivity index (χ3n) is 5.52. The summed E-state index contributed by atoms with van der Waals surface area (Å²) < 4.78 is 33.5. The van der Waals surface area contributed by atoms with Gasteiger partial charge in [0.15, 0.2) is 0 Å². The molecule has 1 saturated heterocycles. The number of sulfonamides is 1. The van der Waals surface area contributed by atoms with Gasteiger partial charge in [-0.1, -0.05) is 45.9 Å². The first-order chi connectivity index (χ1) is 15.0. The van der Waals surface area contributed by atoms with Crippen molar-refractivity contribution < 1.29 is 18.3 Å². The monoisotopic (exact) mass is 461 g/mol. The summed E-state index contributed by atoms with van der Waals surface area (Å²) in [5, 5.41) is 13.5. The molecule has 32 heavy (non-hydrogen) atoms. The number of aliphatic hydroxyl groups excluding tert-OH is 1. The molecule has 1 atom stereocenters. The Hall–Kier alpha value is -2.00. The number of pyridine rings is 1. The van der Waals surface area contributed by atoms with Gasteiger partial charge in [-0.05, 0) is 48.1 Å². The summed E-state index contributed by atoms with van der Waals surface area (Å²) in [6.07, 6.45) is 1.39. The van der Waals surface area contributed by atoms with Crippen LogP contribution < -0.4 is 9.62 Å². The van der Waals surface area contributed by atoms with Crippen LogP contribution in [-0.2, 0) is 21.2 Å². The number of aromatic nitrogens is 1. The van der Waals surface area contributed by atoms with Gasteiger partial charge in [0.1, 0.15) is 12.0 Å². The molecule has 2 aromatic rings. The largest absolute Gasteiger partial charge is 0.378 e. The van der Waals surface area contributed by atoms with Crippen LogP contribution in [-0.4, -0.2) is 50.0 Å². The molecule has 8 heteroatoms. The first kappa shape index (κ1) is 24.6. The molecule has 1 aromatic heterocycles. The van der Waals surface area contributed by atoms with E-state index in [0.29, 0.717) is 37.9 Å². The molecule has 3 rings (SSSR count). The molecule has 2 heterocycles. The second kappa shape index (κ2) is 9.87. The van der Waals surface area contributed by atoms with Crippen LogP contribution >= 0.6 is 0 Å². The molecule has 0 saturated carbocycles. The number of hydrogen-bond acceptors (Lipinski definition) is 6. The summed E-state index contributed by atoms with van der Waals surface area (Å²) in [6, 6.07) is 10.4. The third kappa shape index (κ3) is 5.86. The van der Waals surface area contributed by atoms with E-state index in [-0.39, 0.29) is 16.4 Å². The van der Waals surface area contributed by atoms with Gasteiger partial charge in [-0.2, -0.15) is 0 Å². The number of ether oxygens (including phenoxy) is 1. The van der Waals surface area contributed by atoms with Gasteiger partial charge in [0.25, 0.3) is 10.0 Å². The maximum Gasteiger partial charge on any atom is 0.265 e. The highest BCUT2D eigenvalue weighted by molar-refractivity contribution is 7.92. The zero-order valence-corrected chi connectivity index (χ0v) is 20.4. The van der Waals surface area contributed by atoms with Crippen LogP contribution in [0.5, 0.6) is 0 Å². The van der Waals surface area contributed by atoms with Gasteiger partial charge in [0.2, 0.25) is 0 Å². The molecule has 1 aliphatic rings. The summed E-state index contributed by atoms with van der Waals surface area (Å²) in [5.74, 6) is 0.875. The molecule has 2 N–H and O–H groups in total. The van der Waals surface area contributed by atoms with E-state index in [0.717, 1.165) is 11.1 Å². The molecule has 176 valence electrons. The van der Waals surface area contributed by atoms with Crippen LogP contribution in [0.15, 0.2) is 47.5 Å². The predicted molar refractivity (Wildman–Crippen MR) is 126 cm³/mol. The summed E-state index contributed by atoms with van der Waals surface area (Å²) in [4.78, 5) is 4.65. The fraction of sp³-hybridized carbons (Fsp3) is 0.542. The Balaban J connectivity index is 1.78. The molecule has 1 unspecified atom stereocenters. The van der Waals surface area contributed by atoms with Crippen LogP contribution in [0.3, 0.4) is 0 Å². The summed E-state index contributed by atoms with van der Waals surface area (Å²) in [7, 11) is -3.77. The molecule has 0 radical (unpaired) electrons. The number of nitrogens with one attached hydrogen (secondary N) is 1. The molecule has 1 aromatic carbocycles. The van der Waals surface area contributed by atoms with Crippen molar-refractivity contribution in [1.82, 2.24) is 10.3 Å². The molecule has 1 aliphatic heterocycles. The number of aliphatic hydroxyl groups is 1. The van der Waals surface area contributed by atoms with Crippen molar-refractivity contribution in [1.29, 1.82) is 0 Å². The maximum absolute atomic E-state index is 13.5. The van der Waals surface area contributed by atoms with Gasteiger partial charge in [-0.25, -0.2) is 17.7 Å². The molecule has 1 fully saturated rings. The van der Waals surface area contributed by atoms with Crippen molar-refractivity contribution >= 4 is 15.8 Å². The van der Waals surface area contributed by atoms with E-state index < -0.39 is 16.3 Å². The Morgan fingerprint density at radius 3 is 2.25 bits per heavy atom. The Labute approximate surface area is 191 Å². The fourth-order valence-corrected chi connectivity index (χ4v) is 5.21. The summed E-state index contributed by atoms with van der Waals surface area (Å²) in [6.45, 7) is 11.6. The lowest BCUT2D eigenvalue weighted by Crippen LogP contribution is -2.61. The number of anilines is 1. The zero-order valence-electron chi connectivity index (χ0n) is 19.6. The molecular weight excluding hydrogens is 426 g/mol. The van der Waals surface area contributed by atoms with Gasteiger partial charge in [0.05, 0.1) is 23.6 Å². The minimum absolute atomic E-state index is 0.133. The highest BCUT2D eigenvalue weighted by Gasteiger charge is 2.34. The normalized spacial score (nSPS) is 16.8. The Bertz CT molecular complexity index is 985. The topological polar surface area (TPSA) is 91.8 Å². The van der Waals surface area contributed by atoms with Gasteiger partial charge >= 0.3 is 0 Å². The Morgan fingerprint density at radius 2 is 1.78 bits per heavy atom. The number of benzene rings is 1. The van der Waals surface area contributed by atoms with Crippen molar-refractivity contribution in [2.45, 2.75) is 63.6 Å². The molecular formula is C24H35N3O4S. The van der Waals surface area contributed by atoms with Gasteiger partial charge in [-0.15, -0.1) is 0 Å². The zero-order chi connectivity index (χ0) is 23.5. The second-order valence-corrected chi connectivity index (χ2v) is 11.5. The van der Waals surface area contributed by atoms with E-state index in [9.17, 15) is 13.5 Å². The lowest BCUT2D eigenvalue weighted by molar-refractivity contribution is -0.0874. The lowest BCUT2D eigenvalue weighted by atomic mass is 9.99. The first-order valence-corrected chi connectivity index (χ1v) is 12.6. The van der Waals surface area contributed by atoms with E-state index >= 15 is 0 Å². The fourth-order valence-electron chi connectivity index (χ4n) is 3.63. The Morgan fingerprint density at radius 1 is 1.12 bits per heavy atom. The smallest absolute Gasteiger partial charge is 0.265 e.